The van der Waals surface area contributed by atoms with Gasteiger partial charge in [-0.1, -0.05) is 32.1 Å². The molecule has 0 aliphatic heterocycles. The van der Waals surface area contributed by atoms with Crippen molar-refractivity contribution >= 4 is 11.6 Å². The average Bonchev–Trinajstić information content (AvgIpc) is 2.73. The minimum absolute atomic E-state index is 0.0116. The van der Waals surface area contributed by atoms with Crippen molar-refractivity contribution in [1.82, 2.24) is 14.8 Å². The predicted molar refractivity (Wildman–Crippen MR) is 74.9 cm³/mol. The zero-order chi connectivity index (χ0) is 13.2. The van der Waals surface area contributed by atoms with E-state index in [1.165, 1.54) is 32.1 Å². The molecular weight excluding hydrogens is 246 g/mol. The highest BCUT2D eigenvalue weighted by molar-refractivity contribution is 6.16. The van der Waals surface area contributed by atoms with Crippen LogP contribution in [0.15, 0.2) is 0 Å². The molecule has 1 heterocycles. The third-order valence-electron chi connectivity index (χ3n) is 3.78. The van der Waals surface area contributed by atoms with Gasteiger partial charge < -0.3 is 4.57 Å². The molecule has 1 saturated carbocycles. The van der Waals surface area contributed by atoms with Gasteiger partial charge in [-0.2, -0.15) is 0 Å². The van der Waals surface area contributed by atoms with Crippen LogP contribution in [0.3, 0.4) is 0 Å². The molecule has 1 aromatic heterocycles. The summed E-state index contributed by atoms with van der Waals surface area (Å²) in [4.78, 5) is 0. The predicted octanol–water partition coefficient (Wildman–Crippen LogP) is 3.89. The molecule has 2 rings (SSSR count). The van der Waals surface area contributed by atoms with Crippen molar-refractivity contribution < 1.29 is 0 Å². The van der Waals surface area contributed by atoms with Crippen LogP contribution in [0, 0.1) is 5.92 Å². The molecule has 1 aliphatic carbocycles. The lowest BCUT2D eigenvalue weighted by Gasteiger charge is -2.27. The molecule has 0 unspecified atom stereocenters. The number of alkyl halides is 1. The highest BCUT2D eigenvalue weighted by Crippen LogP contribution is 2.28. The molecule has 0 spiro atoms. The van der Waals surface area contributed by atoms with E-state index in [-0.39, 0.29) is 5.54 Å². The third-order valence-corrected chi connectivity index (χ3v) is 4.02. The molecule has 1 aromatic rings. The van der Waals surface area contributed by atoms with Crippen molar-refractivity contribution in [3.8, 4) is 0 Å². The van der Waals surface area contributed by atoms with Crippen LogP contribution < -0.4 is 0 Å². The topological polar surface area (TPSA) is 30.7 Å². The summed E-state index contributed by atoms with van der Waals surface area (Å²) >= 11 is 5.97. The van der Waals surface area contributed by atoms with Crippen LogP contribution in [0.4, 0.5) is 0 Å². The third kappa shape index (κ3) is 3.05. The summed E-state index contributed by atoms with van der Waals surface area (Å²) in [5.41, 5.74) is 0.0116. The summed E-state index contributed by atoms with van der Waals surface area (Å²) in [5.74, 6) is 3.24. The first-order valence-electron chi connectivity index (χ1n) is 7.02. The summed E-state index contributed by atoms with van der Waals surface area (Å²) < 4.78 is 2.23. The van der Waals surface area contributed by atoms with Crippen LogP contribution in [-0.2, 0) is 17.8 Å². The van der Waals surface area contributed by atoms with E-state index in [0.29, 0.717) is 5.88 Å². The summed E-state index contributed by atoms with van der Waals surface area (Å²) in [6, 6.07) is 0. The summed E-state index contributed by atoms with van der Waals surface area (Å²) in [6.07, 6.45) is 7.88. The highest BCUT2D eigenvalue weighted by Gasteiger charge is 2.25. The van der Waals surface area contributed by atoms with Crippen molar-refractivity contribution in [2.75, 3.05) is 0 Å². The number of rotatable bonds is 3. The van der Waals surface area contributed by atoms with E-state index in [4.69, 9.17) is 11.6 Å². The van der Waals surface area contributed by atoms with E-state index in [1.807, 2.05) is 0 Å². The van der Waals surface area contributed by atoms with E-state index in [1.54, 1.807) is 0 Å². The Kier molecular flexibility index (Phi) is 4.31. The Morgan fingerprint density at radius 1 is 1.11 bits per heavy atom. The molecular formula is C14H24ClN3. The minimum atomic E-state index is 0.0116. The molecule has 102 valence electrons. The molecule has 1 aliphatic rings. The minimum Gasteiger partial charge on any atom is -0.309 e. The molecule has 1 fully saturated rings. The summed E-state index contributed by atoms with van der Waals surface area (Å²) in [6.45, 7) is 6.57. The molecule has 0 saturated heterocycles. The standard InChI is InChI=1S/C14H24ClN3/c1-14(2,3)18-12(16-17-13(18)10-15)9-11-7-5-4-6-8-11/h11H,4-10H2,1-3H3. The molecule has 0 amide bonds. The van der Waals surface area contributed by atoms with Crippen LogP contribution in [0.2, 0.25) is 0 Å². The van der Waals surface area contributed by atoms with Crippen LogP contribution in [-0.4, -0.2) is 14.8 Å². The van der Waals surface area contributed by atoms with Crippen LogP contribution in [0.5, 0.6) is 0 Å². The molecule has 0 atom stereocenters. The number of halogens is 1. The lowest BCUT2D eigenvalue weighted by molar-refractivity contribution is 0.324. The maximum absolute atomic E-state index is 5.97. The Morgan fingerprint density at radius 2 is 1.72 bits per heavy atom. The van der Waals surface area contributed by atoms with Gasteiger partial charge >= 0.3 is 0 Å². The quantitative estimate of drug-likeness (QED) is 0.780. The largest absolute Gasteiger partial charge is 0.309 e. The Labute approximate surface area is 115 Å². The zero-order valence-corrected chi connectivity index (χ0v) is 12.5. The van der Waals surface area contributed by atoms with E-state index in [9.17, 15) is 0 Å². The Balaban J connectivity index is 2.19. The monoisotopic (exact) mass is 269 g/mol. The maximum Gasteiger partial charge on any atom is 0.148 e. The van der Waals surface area contributed by atoms with Crippen molar-refractivity contribution in [3.63, 3.8) is 0 Å². The average molecular weight is 270 g/mol. The Bertz CT molecular complexity index is 386. The fraction of sp³-hybridized carbons (Fsp3) is 0.857. The Hall–Kier alpha value is -0.570. The van der Waals surface area contributed by atoms with Crippen molar-refractivity contribution in [2.45, 2.75) is 70.7 Å². The molecule has 3 nitrogen and oxygen atoms in total. The van der Waals surface area contributed by atoms with E-state index >= 15 is 0 Å². The van der Waals surface area contributed by atoms with Crippen LogP contribution in [0.1, 0.15) is 64.5 Å². The van der Waals surface area contributed by atoms with Crippen molar-refractivity contribution in [2.24, 2.45) is 5.92 Å². The summed E-state index contributed by atoms with van der Waals surface area (Å²) in [5, 5.41) is 8.62. The lowest BCUT2D eigenvalue weighted by Crippen LogP contribution is -2.27. The summed E-state index contributed by atoms with van der Waals surface area (Å²) in [7, 11) is 0. The maximum atomic E-state index is 5.97. The van der Waals surface area contributed by atoms with Gasteiger partial charge in [-0.25, -0.2) is 0 Å². The fourth-order valence-corrected chi connectivity index (χ4v) is 3.17. The van der Waals surface area contributed by atoms with Crippen LogP contribution >= 0.6 is 11.6 Å². The lowest BCUT2D eigenvalue weighted by atomic mass is 9.86. The molecule has 0 bridgehead atoms. The van der Waals surface area contributed by atoms with Gasteiger partial charge in [-0.3, -0.25) is 0 Å². The highest BCUT2D eigenvalue weighted by atomic mass is 35.5. The number of hydrogen-bond acceptors (Lipinski definition) is 2. The van der Waals surface area contributed by atoms with Gasteiger partial charge in [0.15, 0.2) is 0 Å². The molecule has 0 aromatic carbocycles. The van der Waals surface area contributed by atoms with Crippen molar-refractivity contribution in [3.05, 3.63) is 11.6 Å². The first-order valence-corrected chi connectivity index (χ1v) is 7.55. The number of hydrogen-bond donors (Lipinski definition) is 0. The molecule has 18 heavy (non-hydrogen) atoms. The second-order valence-corrected chi connectivity index (χ2v) is 6.65. The van der Waals surface area contributed by atoms with Gasteiger partial charge in [0.25, 0.3) is 0 Å². The van der Waals surface area contributed by atoms with Gasteiger partial charge in [0.1, 0.15) is 11.6 Å². The Morgan fingerprint density at radius 3 is 2.28 bits per heavy atom. The van der Waals surface area contributed by atoms with Gasteiger partial charge in [-0.05, 0) is 26.7 Å². The second-order valence-electron chi connectivity index (χ2n) is 6.38. The SMILES string of the molecule is CC(C)(C)n1c(CCl)nnc1CC1CCCCC1. The van der Waals surface area contributed by atoms with E-state index in [0.717, 1.165) is 24.0 Å². The smallest absolute Gasteiger partial charge is 0.148 e. The van der Waals surface area contributed by atoms with Gasteiger partial charge in [0.05, 0.1) is 5.88 Å². The normalized spacial score (nSPS) is 18.2. The van der Waals surface area contributed by atoms with Gasteiger partial charge in [-0.15, -0.1) is 21.8 Å². The zero-order valence-electron chi connectivity index (χ0n) is 11.7. The second kappa shape index (κ2) is 5.60. The number of aromatic nitrogens is 3. The van der Waals surface area contributed by atoms with Gasteiger partial charge in [0, 0.05) is 12.0 Å². The van der Waals surface area contributed by atoms with Gasteiger partial charge in [0.2, 0.25) is 0 Å². The fourth-order valence-electron chi connectivity index (χ4n) is 3.00. The van der Waals surface area contributed by atoms with E-state index < -0.39 is 0 Å². The molecule has 0 radical (unpaired) electrons. The van der Waals surface area contributed by atoms with E-state index in [2.05, 4.69) is 35.5 Å². The van der Waals surface area contributed by atoms with Crippen LogP contribution in [0.25, 0.3) is 0 Å². The van der Waals surface area contributed by atoms with Crippen molar-refractivity contribution in [1.29, 1.82) is 0 Å². The molecule has 0 N–H and O–H groups in total. The number of nitrogens with zero attached hydrogens (tertiary/aromatic N) is 3. The first kappa shape index (κ1) is 13.9. The first-order chi connectivity index (χ1) is 8.52. The molecule has 4 heteroatoms.